The molecule has 0 amide bonds. The predicted molar refractivity (Wildman–Crippen MR) is 85.3 cm³/mol. The molecular weight excluding hydrogens is 306 g/mol. The van der Waals surface area contributed by atoms with Crippen molar-refractivity contribution in [3.8, 4) is 0 Å². The van der Waals surface area contributed by atoms with Crippen LogP contribution in [-0.4, -0.2) is 51.1 Å². The van der Waals surface area contributed by atoms with E-state index in [2.05, 4.69) is 6.58 Å². The van der Waals surface area contributed by atoms with E-state index >= 15 is 0 Å². The van der Waals surface area contributed by atoms with Crippen LogP contribution in [0, 0.1) is 6.92 Å². The minimum absolute atomic E-state index is 0.0666. The number of ether oxygens (including phenoxy) is 1. The first-order chi connectivity index (χ1) is 10.0. The first-order valence-corrected chi connectivity index (χ1v) is 7.99. The van der Waals surface area contributed by atoms with Crippen molar-refractivity contribution in [2.75, 3.05) is 27.2 Å². The molecule has 1 aromatic rings. The van der Waals surface area contributed by atoms with E-state index in [0.29, 0.717) is 12.2 Å². The SMILES string of the molecule is C=C(C)C(=O)OCCN(C)C.Cc1ccc(S(=O)(=O)O)cc1. The highest BCUT2D eigenvalue weighted by molar-refractivity contribution is 7.85. The van der Waals surface area contributed by atoms with Gasteiger partial charge in [-0.25, -0.2) is 4.79 Å². The molecule has 0 heterocycles. The van der Waals surface area contributed by atoms with Crippen LogP contribution in [0.15, 0.2) is 41.3 Å². The van der Waals surface area contributed by atoms with Crippen LogP contribution in [-0.2, 0) is 19.6 Å². The molecule has 1 N–H and O–H groups in total. The predicted octanol–water partition coefficient (Wildman–Crippen LogP) is 1.91. The fourth-order valence-electron chi connectivity index (χ4n) is 1.15. The molecule has 0 fully saturated rings. The van der Waals surface area contributed by atoms with Crippen molar-refractivity contribution in [2.45, 2.75) is 18.7 Å². The van der Waals surface area contributed by atoms with E-state index in [1.54, 1.807) is 19.1 Å². The Morgan fingerprint density at radius 1 is 1.27 bits per heavy atom. The van der Waals surface area contributed by atoms with Crippen LogP contribution in [0.1, 0.15) is 12.5 Å². The molecule has 0 unspecified atom stereocenters. The second-order valence-corrected chi connectivity index (χ2v) is 6.43. The average molecular weight is 329 g/mol. The minimum atomic E-state index is -4.02. The summed E-state index contributed by atoms with van der Waals surface area (Å²) < 4.78 is 34.4. The van der Waals surface area contributed by atoms with E-state index in [1.807, 2.05) is 25.9 Å². The summed E-state index contributed by atoms with van der Waals surface area (Å²) in [6.45, 7) is 8.12. The van der Waals surface area contributed by atoms with E-state index in [0.717, 1.165) is 12.1 Å². The molecule has 7 heteroatoms. The molecule has 124 valence electrons. The summed E-state index contributed by atoms with van der Waals surface area (Å²) in [5, 5.41) is 0. The Morgan fingerprint density at radius 3 is 2.14 bits per heavy atom. The van der Waals surface area contributed by atoms with Crippen LogP contribution in [0.25, 0.3) is 0 Å². The molecule has 0 radical (unpaired) electrons. The number of nitrogens with zero attached hydrogens (tertiary/aromatic N) is 1. The molecule has 22 heavy (non-hydrogen) atoms. The third-order valence-corrected chi connectivity index (χ3v) is 3.31. The van der Waals surface area contributed by atoms with Crippen molar-refractivity contribution >= 4 is 16.1 Å². The lowest BCUT2D eigenvalue weighted by molar-refractivity contribution is -0.139. The number of carbonyl (C=O) groups is 1. The number of hydrogen-bond donors (Lipinski definition) is 1. The van der Waals surface area contributed by atoms with Crippen LogP contribution in [0.2, 0.25) is 0 Å². The molecule has 0 aromatic heterocycles. The van der Waals surface area contributed by atoms with Crippen molar-refractivity contribution in [1.29, 1.82) is 0 Å². The molecule has 0 aliphatic carbocycles. The quantitative estimate of drug-likeness (QED) is 0.505. The maximum absolute atomic E-state index is 10.8. The van der Waals surface area contributed by atoms with Gasteiger partial charge in [0.25, 0.3) is 10.1 Å². The van der Waals surface area contributed by atoms with E-state index in [4.69, 9.17) is 9.29 Å². The molecule has 1 aromatic carbocycles. The van der Waals surface area contributed by atoms with Gasteiger partial charge in [-0.1, -0.05) is 24.3 Å². The molecule has 1 rings (SSSR count). The van der Waals surface area contributed by atoms with E-state index in [9.17, 15) is 13.2 Å². The lowest BCUT2D eigenvalue weighted by Crippen LogP contribution is -2.20. The van der Waals surface area contributed by atoms with E-state index in [-0.39, 0.29) is 10.9 Å². The Bertz CT molecular complexity index is 591. The number of hydrogen-bond acceptors (Lipinski definition) is 5. The molecule has 0 bridgehead atoms. The van der Waals surface area contributed by atoms with Crippen LogP contribution in [0.4, 0.5) is 0 Å². The van der Waals surface area contributed by atoms with Gasteiger partial charge in [-0.3, -0.25) is 4.55 Å². The first kappa shape index (κ1) is 20.3. The molecule has 0 saturated carbocycles. The number of carbonyl (C=O) groups excluding carboxylic acids is 1. The van der Waals surface area contributed by atoms with Gasteiger partial charge in [-0.2, -0.15) is 8.42 Å². The smallest absolute Gasteiger partial charge is 0.333 e. The number of likely N-dealkylation sites (N-methyl/N-ethyl adjacent to an activating group) is 1. The van der Waals surface area contributed by atoms with Crippen LogP contribution in [0.5, 0.6) is 0 Å². The first-order valence-electron chi connectivity index (χ1n) is 6.55. The van der Waals surface area contributed by atoms with Crippen molar-refractivity contribution in [3.05, 3.63) is 42.0 Å². The summed E-state index contributed by atoms with van der Waals surface area (Å²) in [6.07, 6.45) is 0. The molecule has 0 aliphatic rings. The lowest BCUT2D eigenvalue weighted by Gasteiger charge is -2.09. The van der Waals surface area contributed by atoms with Crippen molar-refractivity contribution in [3.63, 3.8) is 0 Å². The lowest BCUT2D eigenvalue weighted by atomic mass is 10.2. The van der Waals surface area contributed by atoms with E-state index in [1.165, 1.54) is 12.1 Å². The Balaban J connectivity index is 0.000000401. The highest BCUT2D eigenvalue weighted by Gasteiger charge is 2.06. The second kappa shape index (κ2) is 9.34. The Morgan fingerprint density at radius 2 is 1.77 bits per heavy atom. The van der Waals surface area contributed by atoms with Gasteiger partial charge >= 0.3 is 5.97 Å². The van der Waals surface area contributed by atoms with Gasteiger partial charge in [0.2, 0.25) is 0 Å². The summed E-state index contributed by atoms with van der Waals surface area (Å²) >= 11 is 0. The zero-order valence-corrected chi connectivity index (χ0v) is 14.2. The molecule has 0 saturated heterocycles. The summed E-state index contributed by atoms with van der Waals surface area (Å²) in [7, 11) is -0.169. The third-order valence-electron chi connectivity index (χ3n) is 2.44. The van der Waals surface area contributed by atoms with Gasteiger partial charge in [0.1, 0.15) is 6.61 Å². The highest BCUT2D eigenvalue weighted by Crippen LogP contribution is 2.08. The zero-order chi connectivity index (χ0) is 17.3. The average Bonchev–Trinajstić information content (AvgIpc) is 2.38. The summed E-state index contributed by atoms with van der Waals surface area (Å²) in [5.41, 5.74) is 1.40. The van der Waals surface area contributed by atoms with Gasteiger partial charge in [-0.05, 0) is 40.1 Å². The molecule has 0 spiro atoms. The van der Waals surface area contributed by atoms with Gasteiger partial charge < -0.3 is 9.64 Å². The monoisotopic (exact) mass is 329 g/mol. The highest BCUT2D eigenvalue weighted by atomic mass is 32.2. The maximum Gasteiger partial charge on any atom is 0.333 e. The van der Waals surface area contributed by atoms with Crippen molar-refractivity contribution in [1.82, 2.24) is 4.90 Å². The number of aryl methyl sites for hydroxylation is 1. The molecular formula is C15H23NO5S. The third kappa shape index (κ3) is 9.28. The van der Waals surface area contributed by atoms with E-state index < -0.39 is 10.1 Å². The van der Waals surface area contributed by atoms with Gasteiger partial charge in [-0.15, -0.1) is 0 Å². The van der Waals surface area contributed by atoms with Gasteiger partial charge in [0, 0.05) is 12.1 Å². The molecule has 0 aliphatic heterocycles. The Kier molecular flexibility index (Phi) is 8.62. The Hall–Kier alpha value is -1.70. The van der Waals surface area contributed by atoms with Crippen LogP contribution >= 0.6 is 0 Å². The molecule has 6 nitrogen and oxygen atoms in total. The standard InChI is InChI=1S/C8H15NO2.C7H8O3S/c1-7(2)8(10)11-6-5-9(3)4;1-6-2-4-7(5-3-6)11(8,9)10/h1,5-6H2,2-4H3;2-5H,1H3,(H,8,9,10). The van der Waals surface area contributed by atoms with Gasteiger partial charge in [0.15, 0.2) is 0 Å². The topological polar surface area (TPSA) is 83.9 Å². The summed E-state index contributed by atoms with van der Waals surface area (Å²) in [5.74, 6) is -0.313. The van der Waals surface area contributed by atoms with Crippen molar-refractivity contribution in [2.24, 2.45) is 0 Å². The summed E-state index contributed by atoms with van der Waals surface area (Å²) in [4.78, 5) is 12.7. The zero-order valence-electron chi connectivity index (χ0n) is 13.4. The van der Waals surface area contributed by atoms with Crippen LogP contribution in [0.3, 0.4) is 0 Å². The minimum Gasteiger partial charge on any atom is -0.461 e. The second-order valence-electron chi connectivity index (χ2n) is 5.01. The number of benzene rings is 1. The van der Waals surface area contributed by atoms with Crippen LogP contribution < -0.4 is 0 Å². The fraction of sp³-hybridized carbons (Fsp3) is 0.400. The maximum atomic E-state index is 10.8. The number of esters is 1. The van der Waals surface area contributed by atoms with Crippen molar-refractivity contribution < 1.29 is 22.5 Å². The van der Waals surface area contributed by atoms with Gasteiger partial charge in [0.05, 0.1) is 4.90 Å². The normalized spacial score (nSPS) is 10.6. The molecule has 0 atom stereocenters. The summed E-state index contributed by atoms with van der Waals surface area (Å²) in [6, 6.07) is 5.99. The number of rotatable bonds is 5. The Labute approximate surface area is 132 Å². The largest absolute Gasteiger partial charge is 0.461 e. The fourth-order valence-corrected chi connectivity index (χ4v) is 1.63.